The molecule has 4 rings (SSSR count). The lowest BCUT2D eigenvalue weighted by molar-refractivity contribution is 0.0651. The molecule has 178 valence electrons. The maximum Gasteiger partial charge on any atom is 0.257 e. The second kappa shape index (κ2) is 10.1. The highest BCUT2D eigenvalue weighted by Gasteiger charge is 2.23. The van der Waals surface area contributed by atoms with Gasteiger partial charge in [-0.1, -0.05) is 18.5 Å². The molecule has 1 aliphatic rings. The molecule has 0 saturated carbocycles. The van der Waals surface area contributed by atoms with E-state index in [1.807, 2.05) is 13.8 Å². The molecule has 3 aromatic rings. The van der Waals surface area contributed by atoms with Crippen LogP contribution in [0, 0.1) is 0 Å². The second-order valence-electron chi connectivity index (χ2n) is 8.12. The van der Waals surface area contributed by atoms with Gasteiger partial charge in [-0.3, -0.25) is 14.3 Å². The molecule has 0 aliphatic carbocycles. The van der Waals surface area contributed by atoms with E-state index in [2.05, 4.69) is 15.4 Å². The van der Waals surface area contributed by atoms with E-state index < -0.39 is 0 Å². The number of anilines is 1. The van der Waals surface area contributed by atoms with Crippen LogP contribution in [0.1, 0.15) is 47.4 Å². The monoisotopic (exact) mass is 483 g/mol. The van der Waals surface area contributed by atoms with E-state index in [1.54, 1.807) is 53.2 Å². The molecular formula is C24H26ClN5O4. The Morgan fingerprint density at radius 1 is 1.18 bits per heavy atom. The molecule has 2 aromatic heterocycles. The third kappa shape index (κ3) is 5.48. The Hall–Kier alpha value is -3.59. The predicted molar refractivity (Wildman–Crippen MR) is 128 cm³/mol. The van der Waals surface area contributed by atoms with Crippen molar-refractivity contribution in [3.63, 3.8) is 0 Å². The van der Waals surface area contributed by atoms with E-state index in [0.717, 1.165) is 25.9 Å². The maximum atomic E-state index is 12.9. The fraction of sp³-hybridized carbons (Fsp3) is 0.333. The zero-order valence-corrected chi connectivity index (χ0v) is 20.0. The Balaban J connectivity index is 1.58. The Morgan fingerprint density at radius 3 is 2.56 bits per heavy atom. The Kier molecular flexibility index (Phi) is 7.02. The highest BCUT2D eigenvalue weighted by molar-refractivity contribution is 6.32. The summed E-state index contributed by atoms with van der Waals surface area (Å²) in [5.74, 6) is 0.869. The van der Waals surface area contributed by atoms with Crippen molar-refractivity contribution in [1.82, 2.24) is 19.7 Å². The van der Waals surface area contributed by atoms with Crippen molar-refractivity contribution in [2.75, 3.05) is 18.4 Å². The number of amides is 2. The molecule has 1 aliphatic heterocycles. The lowest BCUT2D eigenvalue weighted by atomic mass is 10.1. The van der Waals surface area contributed by atoms with Crippen molar-refractivity contribution in [3.05, 3.63) is 58.9 Å². The van der Waals surface area contributed by atoms with E-state index in [1.165, 1.54) is 6.20 Å². The van der Waals surface area contributed by atoms with Gasteiger partial charge in [0.2, 0.25) is 5.88 Å². The first-order valence-electron chi connectivity index (χ1n) is 11.1. The lowest BCUT2D eigenvalue weighted by Crippen LogP contribution is -2.42. The van der Waals surface area contributed by atoms with Crippen LogP contribution in [0.2, 0.25) is 5.02 Å². The Bertz CT molecular complexity index is 1210. The second-order valence-corrected chi connectivity index (χ2v) is 8.52. The van der Waals surface area contributed by atoms with Gasteiger partial charge in [-0.05, 0) is 38.0 Å². The first-order valence-corrected chi connectivity index (χ1v) is 11.5. The fourth-order valence-electron chi connectivity index (χ4n) is 3.25. The molecule has 0 radical (unpaired) electrons. The summed E-state index contributed by atoms with van der Waals surface area (Å²) in [5, 5.41) is 7.12. The molecule has 1 fully saturated rings. The molecule has 0 spiro atoms. The molecule has 1 N–H and O–H groups in total. The van der Waals surface area contributed by atoms with Crippen LogP contribution >= 0.6 is 11.6 Å². The SMILES string of the molecule is CC[C@H](C)Oc1cc(Oc2ncc(C(=O)N3CCC3)cc2Cl)cc(C(=O)Nc2ccn(C)n2)c1. The number of carbonyl (C=O) groups excluding carboxylic acids is 2. The fourth-order valence-corrected chi connectivity index (χ4v) is 3.45. The maximum absolute atomic E-state index is 12.9. The van der Waals surface area contributed by atoms with Crippen LogP contribution < -0.4 is 14.8 Å². The molecule has 1 atom stereocenters. The number of rotatable bonds is 8. The number of aromatic nitrogens is 3. The van der Waals surface area contributed by atoms with Gasteiger partial charge in [0.15, 0.2) is 5.82 Å². The number of aryl methyl sites for hydroxylation is 1. The highest BCUT2D eigenvalue weighted by atomic mass is 35.5. The van der Waals surface area contributed by atoms with Gasteiger partial charge >= 0.3 is 0 Å². The van der Waals surface area contributed by atoms with Crippen molar-refractivity contribution in [2.24, 2.45) is 7.05 Å². The number of nitrogens with zero attached hydrogens (tertiary/aromatic N) is 4. The minimum atomic E-state index is -0.368. The number of halogens is 1. The summed E-state index contributed by atoms with van der Waals surface area (Å²) < 4.78 is 13.4. The normalized spacial score (nSPS) is 13.7. The van der Waals surface area contributed by atoms with Crippen molar-refractivity contribution < 1.29 is 19.1 Å². The largest absolute Gasteiger partial charge is 0.491 e. The standard InChI is InChI=1S/C24H26ClN5O4/c1-4-15(2)33-18-10-16(22(31)27-21-6-9-29(3)28-21)11-19(13-18)34-23-20(25)12-17(14-26-23)24(32)30-7-5-8-30/h6,9-15H,4-5,7-8H2,1-3H3,(H,27,28,31)/t15-/m0/s1. The van der Waals surface area contributed by atoms with E-state index >= 15 is 0 Å². The van der Waals surface area contributed by atoms with Gasteiger partial charge in [0.1, 0.15) is 16.5 Å². The van der Waals surface area contributed by atoms with E-state index in [-0.39, 0.29) is 28.8 Å². The number of hydrogen-bond donors (Lipinski definition) is 1. The van der Waals surface area contributed by atoms with Crippen LogP contribution in [0.5, 0.6) is 17.4 Å². The van der Waals surface area contributed by atoms with Gasteiger partial charge in [0, 0.05) is 50.2 Å². The molecule has 9 nitrogen and oxygen atoms in total. The van der Waals surface area contributed by atoms with Crippen LogP contribution in [0.4, 0.5) is 5.82 Å². The molecular weight excluding hydrogens is 458 g/mol. The summed E-state index contributed by atoms with van der Waals surface area (Å²) >= 11 is 6.37. The molecule has 2 amide bonds. The summed E-state index contributed by atoms with van der Waals surface area (Å²) in [4.78, 5) is 31.2. The zero-order chi connectivity index (χ0) is 24.2. The van der Waals surface area contributed by atoms with E-state index in [9.17, 15) is 9.59 Å². The number of hydrogen-bond acceptors (Lipinski definition) is 6. The average molecular weight is 484 g/mol. The minimum Gasteiger partial charge on any atom is -0.491 e. The van der Waals surface area contributed by atoms with Crippen LogP contribution in [-0.2, 0) is 7.05 Å². The van der Waals surface area contributed by atoms with Crippen LogP contribution in [0.3, 0.4) is 0 Å². The van der Waals surface area contributed by atoms with Gasteiger partial charge in [-0.25, -0.2) is 4.98 Å². The Morgan fingerprint density at radius 2 is 1.94 bits per heavy atom. The first-order chi connectivity index (χ1) is 16.3. The van der Waals surface area contributed by atoms with Crippen molar-refractivity contribution in [3.8, 4) is 17.4 Å². The lowest BCUT2D eigenvalue weighted by Gasteiger charge is -2.30. The van der Waals surface area contributed by atoms with Gasteiger partial charge in [-0.15, -0.1) is 0 Å². The topological polar surface area (TPSA) is 98.6 Å². The quantitative estimate of drug-likeness (QED) is 0.505. The molecule has 0 bridgehead atoms. The van der Waals surface area contributed by atoms with Crippen molar-refractivity contribution in [2.45, 2.75) is 32.8 Å². The summed E-state index contributed by atoms with van der Waals surface area (Å²) in [6.45, 7) is 5.42. The number of carbonyl (C=O) groups is 2. The molecule has 3 heterocycles. The smallest absolute Gasteiger partial charge is 0.257 e. The summed E-state index contributed by atoms with van der Waals surface area (Å²) in [6.07, 6.45) is 4.91. The van der Waals surface area contributed by atoms with Crippen molar-refractivity contribution in [1.29, 1.82) is 0 Å². The van der Waals surface area contributed by atoms with Gasteiger partial charge < -0.3 is 19.7 Å². The van der Waals surface area contributed by atoms with Crippen LogP contribution in [0.15, 0.2) is 42.7 Å². The molecule has 0 unspecified atom stereocenters. The molecule has 34 heavy (non-hydrogen) atoms. The van der Waals surface area contributed by atoms with Crippen LogP contribution in [-0.4, -0.2) is 50.7 Å². The van der Waals surface area contributed by atoms with Gasteiger partial charge in [-0.2, -0.15) is 5.10 Å². The number of likely N-dealkylation sites (tertiary alicyclic amines) is 1. The van der Waals surface area contributed by atoms with Gasteiger partial charge in [0.05, 0.1) is 11.7 Å². The summed E-state index contributed by atoms with van der Waals surface area (Å²) in [7, 11) is 1.77. The Labute approximate surface area is 202 Å². The number of nitrogens with one attached hydrogen (secondary N) is 1. The minimum absolute atomic E-state index is 0.0598. The summed E-state index contributed by atoms with van der Waals surface area (Å²) in [6, 6.07) is 8.11. The predicted octanol–water partition coefficient (Wildman–Crippen LogP) is 4.54. The number of pyridine rings is 1. The van der Waals surface area contributed by atoms with Crippen LogP contribution in [0.25, 0.3) is 0 Å². The molecule has 1 saturated heterocycles. The average Bonchev–Trinajstić information content (AvgIpc) is 3.18. The summed E-state index contributed by atoms with van der Waals surface area (Å²) in [5.41, 5.74) is 0.725. The zero-order valence-electron chi connectivity index (χ0n) is 19.2. The number of benzene rings is 1. The van der Waals surface area contributed by atoms with Crippen molar-refractivity contribution >= 4 is 29.2 Å². The highest BCUT2D eigenvalue weighted by Crippen LogP contribution is 2.32. The third-order valence-electron chi connectivity index (χ3n) is 5.42. The molecule has 10 heteroatoms. The van der Waals surface area contributed by atoms with E-state index in [4.69, 9.17) is 21.1 Å². The van der Waals surface area contributed by atoms with Gasteiger partial charge in [0.25, 0.3) is 11.8 Å². The third-order valence-corrected chi connectivity index (χ3v) is 5.69. The molecule has 1 aromatic carbocycles. The first kappa shape index (κ1) is 23.6. The number of ether oxygens (including phenoxy) is 2. The van der Waals surface area contributed by atoms with E-state index in [0.29, 0.717) is 28.4 Å².